The maximum Gasteiger partial charge on any atom is 0.165 e. The third-order valence-electron chi connectivity index (χ3n) is 3.26. The molecule has 0 aromatic heterocycles. The Morgan fingerprint density at radius 2 is 1.86 bits per heavy atom. The number of benzene rings is 2. The van der Waals surface area contributed by atoms with Crippen LogP contribution in [-0.2, 0) is 16.6 Å². The molecule has 0 aliphatic heterocycles. The largest absolute Gasteiger partial charge is 0.494 e. The zero-order valence-electron chi connectivity index (χ0n) is 11.8. The first kappa shape index (κ1) is 15.6. The van der Waals surface area contributed by atoms with Crippen molar-refractivity contribution in [3.05, 3.63) is 65.2 Å². The average molecular weight is 310 g/mol. The van der Waals surface area contributed by atoms with E-state index in [4.69, 9.17) is 4.74 Å². The van der Waals surface area contributed by atoms with Crippen LogP contribution in [0.15, 0.2) is 42.5 Å². The molecule has 0 N–H and O–H groups in total. The molecular weight excluding hydrogens is 294 g/mol. The number of rotatable bonds is 5. The highest BCUT2D eigenvalue weighted by molar-refractivity contribution is 7.84. The molecule has 0 aliphatic rings. The van der Waals surface area contributed by atoms with Crippen LogP contribution in [0.4, 0.5) is 8.78 Å². The van der Waals surface area contributed by atoms with Gasteiger partial charge >= 0.3 is 0 Å². The van der Waals surface area contributed by atoms with Crippen molar-refractivity contribution >= 4 is 10.8 Å². The molecule has 2 rings (SSSR count). The molecule has 0 fully saturated rings. The van der Waals surface area contributed by atoms with Crippen LogP contribution in [0.25, 0.3) is 0 Å². The van der Waals surface area contributed by atoms with Crippen LogP contribution in [0.2, 0.25) is 0 Å². The smallest absolute Gasteiger partial charge is 0.165 e. The van der Waals surface area contributed by atoms with Crippen molar-refractivity contribution in [3.8, 4) is 5.75 Å². The average Bonchev–Trinajstić information content (AvgIpc) is 2.47. The van der Waals surface area contributed by atoms with E-state index in [2.05, 4.69) is 0 Å². The lowest BCUT2D eigenvalue weighted by atomic mass is 10.1. The van der Waals surface area contributed by atoms with Crippen LogP contribution in [0, 0.1) is 11.6 Å². The van der Waals surface area contributed by atoms with Crippen LogP contribution in [-0.4, -0.2) is 11.3 Å². The van der Waals surface area contributed by atoms with Gasteiger partial charge in [0.2, 0.25) is 0 Å². The second-order valence-electron chi connectivity index (χ2n) is 4.66. The third-order valence-corrected chi connectivity index (χ3v) is 4.92. The predicted octanol–water partition coefficient (Wildman–Crippen LogP) is 3.98. The van der Waals surface area contributed by atoms with Crippen molar-refractivity contribution < 1.29 is 17.7 Å². The molecule has 2 nitrogen and oxygen atoms in total. The molecular formula is C16H16F2O2S. The monoisotopic (exact) mass is 310 g/mol. The van der Waals surface area contributed by atoms with Crippen LogP contribution in [0.1, 0.15) is 23.3 Å². The standard InChI is InChI=1S/C16H16F2O2S/c1-11(13-5-3-4-6-14(13)17)21(19)10-12-7-8-16(20-2)15(18)9-12/h3-9,11H,10H2,1-2H3/t11-,21+/m0/s1. The van der Waals surface area contributed by atoms with Gasteiger partial charge in [-0.3, -0.25) is 4.21 Å². The molecule has 2 aromatic carbocycles. The summed E-state index contributed by atoms with van der Waals surface area (Å²) in [6.07, 6.45) is 0. The summed E-state index contributed by atoms with van der Waals surface area (Å²) in [6, 6.07) is 10.7. The van der Waals surface area contributed by atoms with Gasteiger partial charge in [-0.1, -0.05) is 24.3 Å². The molecule has 21 heavy (non-hydrogen) atoms. The summed E-state index contributed by atoms with van der Waals surface area (Å²) >= 11 is 0. The molecule has 0 unspecified atom stereocenters. The predicted molar refractivity (Wildman–Crippen MR) is 79.6 cm³/mol. The first-order valence-electron chi connectivity index (χ1n) is 6.47. The first-order chi connectivity index (χ1) is 10.0. The van der Waals surface area contributed by atoms with Crippen molar-refractivity contribution in [1.82, 2.24) is 0 Å². The number of hydrogen-bond acceptors (Lipinski definition) is 2. The number of methoxy groups -OCH3 is 1. The molecule has 0 radical (unpaired) electrons. The summed E-state index contributed by atoms with van der Waals surface area (Å²) in [5.74, 6) is -0.562. The molecule has 0 heterocycles. The topological polar surface area (TPSA) is 26.3 Å². The fraction of sp³-hybridized carbons (Fsp3) is 0.250. The van der Waals surface area contributed by atoms with Gasteiger partial charge in [0.15, 0.2) is 11.6 Å². The van der Waals surface area contributed by atoms with Crippen LogP contribution >= 0.6 is 0 Å². The van der Waals surface area contributed by atoms with E-state index < -0.39 is 21.9 Å². The Balaban J connectivity index is 2.14. The van der Waals surface area contributed by atoms with Gasteiger partial charge in [-0.05, 0) is 30.7 Å². The molecule has 5 heteroatoms. The highest BCUT2D eigenvalue weighted by Crippen LogP contribution is 2.25. The fourth-order valence-electron chi connectivity index (χ4n) is 2.04. The maximum absolute atomic E-state index is 13.7. The number of ether oxygens (including phenoxy) is 1. The summed E-state index contributed by atoms with van der Waals surface area (Å²) in [4.78, 5) is 0. The van der Waals surface area contributed by atoms with E-state index in [1.807, 2.05) is 0 Å². The van der Waals surface area contributed by atoms with Gasteiger partial charge in [0.25, 0.3) is 0 Å². The SMILES string of the molecule is COc1ccc(C[S@@](=O)[C@@H](C)c2ccccc2F)cc1F. The molecule has 2 aromatic rings. The summed E-state index contributed by atoms with van der Waals surface area (Å²) in [5, 5.41) is -0.462. The van der Waals surface area contributed by atoms with Crippen molar-refractivity contribution in [2.24, 2.45) is 0 Å². The van der Waals surface area contributed by atoms with E-state index in [-0.39, 0.29) is 17.3 Å². The highest BCUT2D eigenvalue weighted by Gasteiger charge is 2.18. The minimum Gasteiger partial charge on any atom is -0.494 e. The van der Waals surface area contributed by atoms with Crippen LogP contribution in [0.3, 0.4) is 0 Å². The van der Waals surface area contributed by atoms with Crippen molar-refractivity contribution in [3.63, 3.8) is 0 Å². The number of hydrogen-bond donors (Lipinski definition) is 0. The van der Waals surface area contributed by atoms with Crippen LogP contribution in [0.5, 0.6) is 5.75 Å². The van der Waals surface area contributed by atoms with E-state index >= 15 is 0 Å². The molecule has 0 bridgehead atoms. The Morgan fingerprint density at radius 3 is 2.48 bits per heavy atom. The zero-order chi connectivity index (χ0) is 15.4. The Bertz CT molecular complexity index is 658. The summed E-state index contributed by atoms with van der Waals surface area (Å²) in [5.41, 5.74) is 1.000. The molecule has 0 aliphatic carbocycles. The molecule has 0 saturated heterocycles. The molecule has 0 saturated carbocycles. The van der Waals surface area contributed by atoms with Gasteiger partial charge < -0.3 is 4.74 Å². The van der Waals surface area contributed by atoms with E-state index in [1.54, 1.807) is 31.2 Å². The van der Waals surface area contributed by atoms with E-state index in [0.29, 0.717) is 11.1 Å². The second kappa shape index (κ2) is 6.80. The Labute approximate surface area is 125 Å². The summed E-state index contributed by atoms with van der Waals surface area (Å²) in [7, 11) is 0.0441. The summed E-state index contributed by atoms with van der Waals surface area (Å²) < 4.78 is 44.5. The number of halogens is 2. The van der Waals surface area contributed by atoms with E-state index in [0.717, 1.165) is 0 Å². The van der Waals surface area contributed by atoms with E-state index in [1.165, 1.54) is 25.3 Å². The Morgan fingerprint density at radius 1 is 1.14 bits per heavy atom. The summed E-state index contributed by atoms with van der Waals surface area (Å²) in [6.45, 7) is 1.70. The third kappa shape index (κ3) is 3.67. The minimum atomic E-state index is -1.34. The maximum atomic E-state index is 13.7. The van der Waals surface area contributed by atoms with Gasteiger partial charge in [-0.15, -0.1) is 0 Å². The molecule has 2 atom stereocenters. The van der Waals surface area contributed by atoms with Gasteiger partial charge in [0.1, 0.15) is 5.82 Å². The Hall–Kier alpha value is -1.75. The van der Waals surface area contributed by atoms with Crippen molar-refractivity contribution in [2.45, 2.75) is 17.9 Å². The highest BCUT2D eigenvalue weighted by atomic mass is 32.2. The zero-order valence-corrected chi connectivity index (χ0v) is 12.6. The van der Waals surface area contributed by atoms with Crippen molar-refractivity contribution in [1.29, 1.82) is 0 Å². The van der Waals surface area contributed by atoms with Crippen molar-refractivity contribution in [2.75, 3.05) is 7.11 Å². The quantitative estimate of drug-likeness (QED) is 0.835. The van der Waals surface area contributed by atoms with Crippen LogP contribution < -0.4 is 4.74 Å². The lowest BCUT2D eigenvalue weighted by Crippen LogP contribution is -2.07. The lowest BCUT2D eigenvalue weighted by molar-refractivity contribution is 0.386. The molecule has 112 valence electrons. The normalized spacial score (nSPS) is 13.7. The van der Waals surface area contributed by atoms with Gasteiger partial charge in [-0.2, -0.15) is 0 Å². The lowest BCUT2D eigenvalue weighted by Gasteiger charge is -2.13. The fourth-order valence-corrected chi connectivity index (χ4v) is 3.27. The Kier molecular flexibility index (Phi) is 5.07. The van der Waals surface area contributed by atoms with E-state index in [9.17, 15) is 13.0 Å². The van der Waals surface area contributed by atoms with Gasteiger partial charge in [-0.25, -0.2) is 8.78 Å². The van der Waals surface area contributed by atoms with Gasteiger partial charge in [0.05, 0.1) is 12.4 Å². The van der Waals surface area contributed by atoms with Gasteiger partial charge in [0, 0.05) is 22.1 Å². The minimum absolute atomic E-state index is 0.145. The second-order valence-corrected chi connectivity index (χ2v) is 6.41. The molecule has 0 amide bonds. The molecule has 0 spiro atoms. The first-order valence-corrected chi connectivity index (χ1v) is 7.85.